The highest BCUT2D eigenvalue weighted by atomic mass is 32.2. The molecule has 0 saturated carbocycles. The van der Waals surface area contributed by atoms with Crippen LogP contribution >= 0.6 is 0 Å². The normalized spacial score (nSPS) is 13.6. The minimum Gasteiger partial charge on any atom is -0.207 e. The Labute approximate surface area is 177 Å². The lowest BCUT2D eigenvalue weighted by Gasteiger charge is -2.26. The molecule has 0 fully saturated rings. The van der Waals surface area contributed by atoms with Crippen LogP contribution in [0.15, 0.2) is 71.3 Å². The second kappa shape index (κ2) is 8.94. The van der Waals surface area contributed by atoms with Crippen LogP contribution < -0.4 is 4.72 Å². The first-order valence-electron chi connectivity index (χ1n) is 9.38. The van der Waals surface area contributed by atoms with Crippen LogP contribution in [0.2, 0.25) is 25.7 Å². The average Bonchev–Trinajstić information content (AvgIpc) is 2.63. The van der Waals surface area contributed by atoms with Gasteiger partial charge in [0, 0.05) is 8.07 Å². The van der Waals surface area contributed by atoms with Gasteiger partial charge in [-0.1, -0.05) is 56.0 Å². The van der Waals surface area contributed by atoms with E-state index in [0.717, 1.165) is 17.7 Å². The summed E-state index contributed by atoms with van der Waals surface area (Å²) in [6.07, 6.45) is -4.47. The zero-order valence-electron chi connectivity index (χ0n) is 17.5. The van der Waals surface area contributed by atoms with Gasteiger partial charge in [0.1, 0.15) is 0 Å². The fourth-order valence-electron chi connectivity index (χ4n) is 2.98. The van der Waals surface area contributed by atoms with Gasteiger partial charge in [-0.15, -0.1) is 5.73 Å². The largest absolute Gasteiger partial charge is 0.416 e. The Bertz CT molecular complexity index is 1030. The summed E-state index contributed by atoms with van der Waals surface area (Å²) in [5, 5.41) is 0. The predicted molar refractivity (Wildman–Crippen MR) is 116 cm³/mol. The van der Waals surface area contributed by atoms with E-state index in [-0.39, 0.29) is 4.90 Å². The summed E-state index contributed by atoms with van der Waals surface area (Å²) in [6, 6.07) is 10.6. The van der Waals surface area contributed by atoms with Crippen LogP contribution in [0.5, 0.6) is 0 Å². The molecule has 0 heterocycles. The lowest BCUT2D eigenvalue weighted by Crippen LogP contribution is -2.32. The van der Waals surface area contributed by atoms with Gasteiger partial charge in [0.15, 0.2) is 0 Å². The Morgan fingerprint density at radius 3 is 2.03 bits per heavy atom. The number of aryl methyl sites for hydroxylation is 1. The van der Waals surface area contributed by atoms with Crippen molar-refractivity contribution in [1.29, 1.82) is 0 Å². The van der Waals surface area contributed by atoms with Gasteiger partial charge in [-0.05, 0) is 48.4 Å². The van der Waals surface area contributed by atoms with Crippen molar-refractivity contribution < 1.29 is 21.6 Å². The van der Waals surface area contributed by atoms with Gasteiger partial charge in [0.05, 0.1) is 16.5 Å². The average molecular weight is 454 g/mol. The predicted octanol–water partition coefficient (Wildman–Crippen LogP) is 6.08. The summed E-state index contributed by atoms with van der Waals surface area (Å²) in [5.41, 5.74) is 3.98. The Kier molecular flexibility index (Phi) is 7.19. The van der Waals surface area contributed by atoms with Gasteiger partial charge in [0.2, 0.25) is 10.0 Å². The lowest BCUT2D eigenvalue weighted by atomic mass is 10.00. The molecule has 0 aromatic heterocycles. The summed E-state index contributed by atoms with van der Waals surface area (Å²) < 4.78 is 67.5. The van der Waals surface area contributed by atoms with Crippen molar-refractivity contribution in [2.45, 2.75) is 49.7 Å². The van der Waals surface area contributed by atoms with Crippen LogP contribution in [-0.4, -0.2) is 16.5 Å². The molecular weight excluding hydrogens is 427 g/mol. The molecule has 0 aliphatic rings. The van der Waals surface area contributed by atoms with E-state index in [1.807, 2.05) is 6.92 Å². The fourth-order valence-corrected chi connectivity index (χ4v) is 5.67. The number of nitrogens with one attached hydrogen (secondary N) is 1. The summed E-state index contributed by atoms with van der Waals surface area (Å²) in [7, 11) is -5.61. The Morgan fingerprint density at radius 1 is 1.07 bits per heavy atom. The number of hydrogen-bond donors (Lipinski definition) is 1. The van der Waals surface area contributed by atoms with Crippen molar-refractivity contribution in [3.8, 4) is 0 Å². The standard InChI is InChI=1S/C22H26F3NO2SSi/c1-6-17(15-30(3,4)5)21(18-9-11-19(12-10-18)22(23,24)25)26-29(27,28)20-13-7-16(2)8-14-20/h7-14,21,26H,1,15H2,2-5H3. The number of halogens is 3. The maximum atomic E-state index is 13.0. The molecule has 2 aromatic rings. The summed E-state index contributed by atoms with van der Waals surface area (Å²) in [6.45, 7) is 11.9. The molecule has 0 saturated heterocycles. The molecule has 0 bridgehead atoms. The van der Waals surface area contributed by atoms with E-state index in [9.17, 15) is 21.6 Å². The first-order valence-corrected chi connectivity index (χ1v) is 14.6. The first kappa shape index (κ1) is 24.1. The van der Waals surface area contributed by atoms with Gasteiger partial charge in [-0.25, -0.2) is 8.42 Å². The molecule has 1 unspecified atom stereocenters. The van der Waals surface area contributed by atoms with Crippen LogP contribution in [0.1, 0.15) is 22.7 Å². The lowest BCUT2D eigenvalue weighted by molar-refractivity contribution is -0.137. The minimum atomic E-state index is -4.47. The van der Waals surface area contributed by atoms with Crippen molar-refractivity contribution in [2.24, 2.45) is 0 Å². The molecule has 0 spiro atoms. The minimum absolute atomic E-state index is 0.0847. The monoisotopic (exact) mass is 453 g/mol. The van der Waals surface area contributed by atoms with E-state index in [4.69, 9.17) is 0 Å². The van der Waals surface area contributed by atoms with E-state index in [1.54, 1.807) is 12.1 Å². The summed E-state index contributed by atoms with van der Waals surface area (Å²) in [4.78, 5) is 0.0847. The van der Waals surface area contributed by atoms with E-state index >= 15 is 0 Å². The summed E-state index contributed by atoms with van der Waals surface area (Å²) >= 11 is 0. The SMILES string of the molecule is C=C=C(C[Si](C)(C)C)C(NS(=O)(=O)c1ccc(C)cc1)c1ccc(C(F)(F)F)cc1. The number of sulfonamides is 1. The van der Waals surface area contributed by atoms with Crippen molar-refractivity contribution in [3.05, 3.63) is 83.1 Å². The second-order valence-electron chi connectivity index (χ2n) is 8.43. The highest BCUT2D eigenvalue weighted by molar-refractivity contribution is 7.89. The topological polar surface area (TPSA) is 46.2 Å². The molecular formula is C22H26F3NO2SSi. The molecule has 2 aromatic carbocycles. The van der Waals surface area contributed by atoms with E-state index in [0.29, 0.717) is 17.2 Å². The number of hydrogen-bond acceptors (Lipinski definition) is 2. The number of alkyl halides is 3. The van der Waals surface area contributed by atoms with Gasteiger partial charge in [0.25, 0.3) is 0 Å². The molecule has 0 aliphatic heterocycles. The molecule has 2 rings (SSSR count). The van der Waals surface area contributed by atoms with E-state index < -0.39 is 35.9 Å². The number of benzene rings is 2. The molecule has 0 aliphatic carbocycles. The third-order valence-electron chi connectivity index (χ3n) is 4.47. The van der Waals surface area contributed by atoms with Gasteiger partial charge in [-0.3, -0.25) is 0 Å². The number of rotatable bonds is 7. The highest BCUT2D eigenvalue weighted by Crippen LogP contribution is 2.33. The fraction of sp³-hybridized carbons (Fsp3) is 0.318. The van der Waals surface area contributed by atoms with Crippen LogP contribution in [0.3, 0.4) is 0 Å². The zero-order valence-corrected chi connectivity index (χ0v) is 19.3. The molecule has 1 atom stereocenters. The van der Waals surface area contributed by atoms with Crippen LogP contribution in [0, 0.1) is 6.92 Å². The van der Waals surface area contributed by atoms with E-state index in [2.05, 4.69) is 36.7 Å². The third kappa shape index (κ3) is 6.44. The van der Waals surface area contributed by atoms with Crippen molar-refractivity contribution in [1.82, 2.24) is 4.72 Å². The van der Waals surface area contributed by atoms with Gasteiger partial charge >= 0.3 is 6.18 Å². The van der Waals surface area contributed by atoms with Gasteiger partial charge in [-0.2, -0.15) is 17.9 Å². The van der Waals surface area contributed by atoms with Gasteiger partial charge < -0.3 is 0 Å². The maximum Gasteiger partial charge on any atom is 0.416 e. The highest BCUT2D eigenvalue weighted by Gasteiger charge is 2.32. The van der Waals surface area contributed by atoms with Crippen LogP contribution in [0.25, 0.3) is 0 Å². The molecule has 162 valence electrons. The molecule has 0 amide bonds. The van der Waals surface area contributed by atoms with Crippen molar-refractivity contribution in [2.75, 3.05) is 0 Å². The Hall–Kier alpha value is -2.12. The quantitative estimate of drug-likeness (QED) is 0.408. The molecule has 0 radical (unpaired) electrons. The third-order valence-corrected chi connectivity index (χ3v) is 7.35. The Balaban J connectivity index is 2.51. The van der Waals surface area contributed by atoms with E-state index in [1.165, 1.54) is 24.3 Å². The van der Waals surface area contributed by atoms with Crippen molar-refractivity contribution in [3.63, 3.8) is 0 Å². The first-order chi connectivity index (χ1) is 13.7. The Morgan fingerprint density at radius 2 is 1.60 bits per heavy atom. The van der Waals surface area contributed by atoms with Crippen LogP contribution in [-0.2, 0) is 16.2 Å². The molecule has 1 N–H and O–H groups in total. The molecule has 8 heteroatoms. The zero-order chi connectivity index (χ0) is 22.7. The smallest absolute Gasteiger partial charge is 0.207 e. The summed E-state index contributed by atoms with van der Waals surface area (Å²) in [5.74, 6) is 0. The molecule has 3 nitrogen and oxygen atoms in total. The second-order valence-corrected chi connectivity index (χ2v) is 15.6. The van der Waals surface area contributed by atoms with Crippen LogP contribution in [0.4, 0.5) is 13.2 Å². The molecule has 30 heavy (non-hydrogen) atoms. The maximum absolute atomic E-state index is 13.0. The van der Waals surface area contributed by atoms with Crippen molar-refractivity contribution >= 4 is 18.1 Å².